The van der Waals surface area contributed by atoms with Crippen LogP contribution in [-0.2, 0) is 22.6 Å². The molecule has 0 unspecified atom stereocenters. The first-order valence-electron chi connectivity index (χ1n) is 9.28. The van der Waals surface area contributed by atoms with Crippen molar-refractivity contribution in [3.63, 3.8) is 0 Å². The minimum absolute atomic E-state index is 0.0795. The number of aryl methyl sites for hydroxylation is 1. The fourth-order valence-corrected chi connectivity index (χ4v) is 2.89. The molecular weight excluding hydrogens is 343 g/mol. The number of nitrogens with one attached hydrogen (secondary N) is 1. The molecule has 0 spiro atoms. The topological polar surface area (TPSA) is 49.4 Å². The molecule has 0 radical (unpaired) electrons. The molecule has 2 amide bonds. The van der Waals surface area contributed by atoms with Gasteiger partial charge in [0.05, 0.1) is 6.42 Å². The van der Waals surface area contributed by atoms with Gasteiger partial charge in [-0.2, -0.15) is 0 Å². The summed E-state index contributed by atoms with van der Waals surface area (Å²) in [6.45, 7) is 6.52. The largest absolute Gasteiger partial charge is 0.354 e. The Morgan fingerprint density at radius 2 is 1.89 bits per heavy atom. The third-order valence-electron chi connectivity index (χ3n) is 4.45. The molecule has 0 aliphatic heterocycles. The quantitative estimate of drug-likeness (QED) is 0.772. The van der Waals surface area contributed by atoms with Gasteiger partial charge in [0.1, 0.15) is 11.9 Å². The van der Waals surface area contributed by atoms with Crippen LogP contribution in [-0.4, -0.2) is 29.3 Å². The molecule has 2 rings (SSSR count). The van der Waals surface area contributed by atoms with E-state index in [1.807, 2.05) is 38.1 Å². The van der Waals surface area contributed by atoms with Gasteiger partial charge in [-0.15, -0.1) is 0 Å². The average Bonchev–Trinajstić information content (AvgIpc) is 2.65. The number of benzene rings is 2. The molecule has 0 heterocycles. The summed E-state index contributed by atoms with van der Waals surface area (Å²) in [5, 5.41) is 2.83. The molecule has 0 saturated carbocycles. The van der Waals surface area contributed by atoms with Crippen molar-refractivity contribution < 1.29 is 14.0 Å². The van der Waals surface area contributed by atoms with Crippen molar-refractivity contribution in [1.29, 1.82) is 0 Å². The van der Waals surface area contributed by atoms with E-state index in [2.05, 4.69) is 5.32 Å². The average molecular weight is 370 g/mol. The molecule has 0 aliphatic carbocycles. The highest BCUT2D eigenvalue weighted by Gasteiger charge is 2.26. The van der Waals surface area contributed by atoms with Crippen molar-refractivity contribution in [3.8, 4) is 0 Å². The minimum Gasteiger partial charge on any atom is -0.354 e. The SMILES string of the molecule is CCCNC(=O)[C@@H](C)N(Cc1cccc(C)c1)C(=O)Cc1ccccc1F. The fourth-order valence-electron chi connectivity index (χ4n) is 2.89. The fraction of sp³-hybridized carbons (Fsp3) is 0.364. The minimum atomic E-state index is -0.642. The normalized spacial score (nSPS) is 11.7. The van der Waals surface area contributed by atoms with Gasteiger partial charge < -0.3 is 10.2 Å². The van der Waals surface area contributed by atoms with Gasteiger partial charge in [0.25, 0.3) is 0 Å². The highest BCUT2D eigenvalue weighted by Crippen LogP contribution is 2.15. The van der Waals surface area contributed by atoms with Crippen molar-refractivity contribution in [2.45, 2.75) is 46.2 Å². The zero-order chi connectivity index (χ0) is 19.8. The zero-order valence-electron chi connectivity index (χ0n) is 16.2. The summed E-state index contributed by atoms with van der Waals surface area (Å²) < 4.78 is 14.0. The van der Waals surface area contributed by atoms with Crippen molar-refractivity contribution in [3.05, 3.63) is 71.0 Å². The number of carbonyl (C=O) groups excluding carboxylic acids is 2. The molecule has 2 aromatic carbocycles. The Morgan fingerprint density at radius 3 is 2.56 bits per heavy atom. The van der Waals surface area contributed by atoms with E-state index in [-0.39, 0.29) is 18.2 Å². The Kier molecular flexibility index (Phi) is 7.53. The van der Waals surface area contributed by atoms with Crippen LogP contribution in [0.25, 0.3) is 0 Å². The number of rotatable bonds is 8. The summed E-state index contributed by atoms with van der Waals surface area (Å²) >= 11 is 0. The highest BCUT2D eigenvalue weighted by molar-refractivity contribution is 5.88. The van der Waals surface area contributed by atoms with Gasteiger partial charge in [0, 0.05) is 13.1 Å². The third kappa shape index (κ3) is 5.91. The van der Waals surface area contributed by atoms with Gasteiger partial charge in [-0.25, -0.2) is 4.39 Å². The zero-order valence-corrected chi connectivity index (χ0v) is 16.2. The Hall–Kier alpha value is -2.69. The van der Waals surface area contributed by atoms with Crippen LogP contribution < -0.4 is 5.32 Å². The summed E-state index contributed by atoms with van der Waals surface area (Å²) in [5.74, 6) is -0.892. The predicted octanol–water partition coefficient (Wildman–Crippen LogP) is 3.62. The maximum absolute atomic E-state index is 14.0. The number of nitrogens with zero attached hydrogens (tertiary/aromatic N) is 1. The molecule has 1 atom stereocenters. The first-order chi connectivity index (χ1) is 12.9. The summed E-state index contributed by atoms with van der Waals surface area (Å²) in [4.78, 5) is 26.9. The van der Waals surface area contributed by atoms with Crippen LogP contribution >= 0.6 is 0 Å². The second-order valence-electron chi connectivity index (χ2n) is 6.75. The number of carbonyl (C=O) groups is 2. The lowest BCUT2D eigenvalue weighted by Crippen LogP contribution is -2.48. The van der Waals surface area contributed by atoms with Crippen LogP contribution in [0.4, 0.5) is 4.39 Å². The first-order valence-corrected chi connectivity index (χ1v) is 9.28. The van der Waals surface area contributed by atoms with Crippen LogP contribution in [0.2, 0.25) is 0 Å². The van der Waals surface area contributed by atoms with Crippen LogP contribution in [0, 0.1) is 12.7 Å². The standard InChI is InChI=1S/C22H27FN2O2/c1-4-12-24-22(27)17(3)25(15-18-9-7-8-16(2)13-18)21(26)14-19-10-5-6-11-20(19)23/h5-11,13,17H,4,12,14-15H2,1-3H3,(H,24,27)/t17-/m1/s1. The number of hydrogen-bond donors (Lipinski definition) is 1. The highest BCUT2D eigenvalue weighted by atomic mass is 19.1. The molecule has 0 bridgehead atoms. The van der Waals surface area contributed by atoms with Crippen molar-refractivity contribution in [2.24, 2.45) is 0 Å². The van der Waals surface area contributed by atoms with E-state index in [0.717, 1.165) is 17.5 Å². The summed E-state index contributed by atoms with van der Waals surface area (Å²) in [6.07, 6.45) is 0.739. The van der Waals surface area contributed by atoms with Gasteiger partial charge in [-0.3, -0.25) is 9.59 Å². The number of hydrogen-bond acceptors (Lipinski definition) is 2. The molecule has 144 valence electrons. The van der Waals surface area contributed by atoms with Gasteiger partial charge in [-0.05, 0) is 37.5 Å². The van der Waals surface area contributed by atoms with E-state index in [9.17, 15) is 14.0 Å². The second kappa shape index (κ2) is 9.86. The van der Waals surface area contributed by atoms with E-state index in [1.54, 1.807) is 25.1 Å². The molecular formula is C22H27FN2O2. The smallest absolute Gasteiger partial charge is 0.242 e. The van der Waals surface area contributed by atoms with Gasteiger partial charge >= 0.3 is 0 Å². The summed E-state index contributed by atoms with van der Waals surface area (Å²) in [7, 11) is 0. The molecule has 27 heavy (non-hydrogen) atoms. The van der Waals surface area contributed by atoms with Crippen LogP contribution in [0.15, 0.2) is 48.5 Å². The molecule has 4 nitrogen and oxygen atoms in total. The Morgan fingerprint density at radius 1 is 1.15 bits per heavy atom. The Labute approximate surface area is 160 Å². The van der Waals surface area contributed by atoms with Crippen molar-refractivity contribution >= 4 is 11.8 Å². The van der Waals surface area contributed by atoms with E-state index < -0.39 is 11.9 Å². The van der Waals surface area contributed by atoms with E-state index in [0.29, 0.717) is 18.7 Å². The number of amides is 2. The van der Waals surface area contributed by atoms with E-state index in [1.165, 1.54) is 11.0 Å². The van der Waals surface area contributed by atoms with Gasteiger partial charge in [0.2, 0.25) is 11.8 Å². The molecule has 0 aliphatic rings. The van der Waals surface area contributed by atoms with Gasteiger partial charge in [0.15, 0.2) is 0 Å². The lowest BCUT2D eigenvalue weighted by atomic mass is 10.1. The second-order valence-corrected chi connectivity index (χ2v) is 6.75. The maximum atomic E-state index is 14.0. The van der Waals surface area contributed by atoms with Crippen molar-refractivity contribution in [2.75, 3.05) is 6.54 Å². The Balaban J connectivity index is 2.23. The first kappa shape index (κ1) is 20.6. The monoisotopic (exact) mass is 370 g/mol. The molecule has 5 heteroatoms. The van der Waals surface area contributed by atoms with Crippen LogP contribution in [0.3, 0.4) is 0 Å². The summed E-state index contributed by atoms with van der Waals surface area (Å²) in [5.41, 5.74) is 2.35. The van der Waals surface area contributed by atoms with Gasteiger partial charge in [-0.1, -0.05) is 55.0 Å². The summed E-state index contributed by atoms with van der Waals surface area (Å²) in [6, 6.07) is 13.4. The van der Waals surface area contributed by atoms with E-state index in [4.69, 9.17) is 0 Å². The van der Waals surface area contributed by atoms with Crippen molar-refractivity contribution in [1.82, 2.24) is 10.2 Å². The molecule has 0 saturated heterocycles. The molecule has 2 aromatic rings. The Bertz CT molecular complexity index is 791. The van der Waals surface area contributed by atoms with Crippen LogP contribution in [0.1, 0.15) is 37.0 Å². The lowest BCUT2D eigenvalue weighted by molar-refractivity contribution is -0.140. The predicted molar refractivity (Wildman–Crippen MR) is 105 cm³/mol. The number of halogens is 1. The molecule has 1 N–H and O–H groups in total. The molecule has 0 fully saturated rings. The van der Waals surface area contributed by atoms with E-state index >= 15 is 0 Å². The van der Waals surface area contributed by atoms with Crippen LogP contribution in [0.5, 0.6) is 0 Å². The third-order valence-corrected chi connectivity index (χ3v) is 4.45. The molecule has 0 aromatic heterocycles. The lowest BCUT2D eigenvalue weighted by Gasteiger charge is -2.29. The maximum Gasteiger partial charge on any atom is 0.242 e.